The molecule has 2 nitrogen and oxygen atoms in total. The average molecular weight is 248 g/mol. The number of halogens is 1. The Bertz CT molecular complexity index is 184. The first-order valence-corrected chi connectivity index (χ1v) is 5.98. The van der Waals surface area contributed by atoms with E-state index in [4.69, 9.17) is 0 Å². The van der Waals surface area contributed by atoms with Crippen molar-refractivity contribution in [1.82, 2.24) is 4.90 Å². The molecule has 0 heterocycles. The first-order valence-electron chi connectivity index (χ1n) is 5.06. The van der Waals surface area contributed by atoms with Crippen LogP contribution in [0.3, 0.4) is 0 Å². The Hall–Kier alpha value is -0.0500. The Morgan fingerprint density at radius 3 is 2.62 bits per heavy atom. The predicted octanol–water partition coefficient (Wildman–Crippen LogP) is 2.56. The molecule has 76 valence electrons. The summed E-state index contributed by atoms with van der Waals surface area (Å²) in [6.07, 6.45) is 5.52. The number of hydrogen-bond acceptors (Lipinski definition) is 1. The van der Waals surface area contributed by atoms with E-state index in [2.05, 4.69) is 15.9 Å². The van der Waals surface area contributed by atoms with Gasteiger partial charge in [0.05, 0.1) is 0 Å². The van der Waals surface area contributed by atoms with E-state index in [-0.39, 0.29) is 5.91 Å². The molecule has 1 amide bonds. The van der Waals surface area contributed by atoms with E-state index < -0.39 is 0 Å². The number of carbonyl (C=O) groups is 1. The fourth-order valence-corrected chi connectivity index (χ4v) is 2.88. The van der Waals surface area contributed by atoms with Gasteiger partial charge in [0, 0.05) is 24.3 Å². The van der Waals surface area contributed by atoms with Crippen LogP contribution in [0.1, 0.15) is 39.0 Å². The number of nitrogens with zero attached hydrogens (tertiary/aromatic N) is 1. The molecule has 0 aromatic rings. The van der Waals surface area contributed by atoms with Crippen molar-refractivity contribution in [1.29, 1.82) is 0 Å². The summed E-state index contributed by atoms with van der Waals surface area (Å²) in [6.45, 7) is 1.92. The average Bonchev–Trinajstić information content (AvgIpc) is 2.16. The Morgan fingerprint density at radius 1 is 1.46 bits per heavy atom. The highest BCUT2D eigenvalue weighted by atomic mass is 79.9. The third-order valence-electron chi connectivity index (χ3n) is 2.84. The van der Waals surface area contributed by atoms with Crippen molar-refractivity contribution in [3.8, 4) is 0 Å². The maximum atomic E-state index is 11.5. The summed E-state index contributed by atoms with van der Waals surface area (Å²) in [5, 5.41) is 0. The molecule has 0 bridgehead atoms. The van der Waals surface area contributed by atoms with Gasteiger partial charge in [-0.1, -0.05) is 35.7 Å². The van der Waals surface area contributed by atoms with Gasteiger partial charge in [0.25, 0.3) is 0 Å². The van der Waals surface area contributed by atoms with Gasteiger partial charge in [0.2, 0.25) is 5.91 Å². The molecule has 0 saturated heterocycles. The van der Waals surface area contributed by atoms with Gasteiger partial charge in [-0.3, -0.25) is 4.79 Å². The lowest BCUT2D eigenvalue weighted by molar-refractivity contribution is -0.132. The fourth-order valence-electron chi connectivity index (χ4n) is 1.94. The normalized spacial score (nSPS) is 28.5. The molecule has 0 spiro atoms. The molecule has 0 radical (unpaired) electrons. The van der Waals surface area contributed by atoms with Crippen LogP contribution in [0.15, 0.2) is 0 Å². The Kier molecular flexibility index (Phi) is 4.23. The second kappa shape index (κ2) is 4.99. The zero-order valence-electron chi connectivity index (χ0n) is 8.42. The minimum Gasteiger partial charge on any atom is -0.342 e. The smallest absolute Gasteiger partial charge is 0.222 e. The molecular formula is C10H18BrNO. The highest BCUT2D eigenvalue weighted by Gasteiger charge is 2.27. The fraction of sp³-hybridized carbons (Fsp3) is 0.900. The molecule has 1 aliphatic rings. The lowest BCUT2D eigenvalue weighted by atomic mass is 9.94. The molecule has 1 fully saturated rings. The van der Waals surface area contributed by atoms with Crippen molar-refractivity contribution in [2.24, 2.45) is 0 Å². The molecule has 0 aliphatic heterocycles. The van der Waals surface area contributed by atoms with E-state index in [1.54, 1.807) is 0 Å². The Labute approximate surface area is 88.8 Å². The SMILES string of the molecule is CCC(=O)N(C)C1CCCCC1Br. The van der Waals surface area contributed by atoms with Crippen molar-refractivity contribution in [3.63, 3.8) is 0 Å². The van der Waals surface area contributed by atoms with Crippen LogP contribution in [-0.2, 0) is 4.79 Å². The second-order valence-corrected chi connectivity index (χ2v) is 4.90. The highest BCUT2D eigenvalue weighted by molar-refractivity contribution is 9.09. The monoisotopic (exact) mass is 247 g/mol. The van der Waals surface area contributed by atoms with Crippen LogP contribution < -0.4 is 0 Å². The second-order valence-electron chi connectivity index (χ2n) is 3.73. The number of carbonyl (C=O) groups excluding carboxylic acids is 1. The largest absolute Gasteiger partial charge is 0.342 e. The summed E-state index contributed by atoms with van der Waals surface area (Å²) in [5.41, 5.74) is 0. The van der Waals surface area contributed by atoms with E-state index in [1.165, 1.54) is 19.3 Å². The molecular weight excluding hydrogens is 230 g/mol. The summed E-state index contributed by atoms with van der Waals surface area (Å²) < 4.78 is 0. The van der Waals surface area contributed by atoms with Crippen molar-refractivity contribution >= 4 is 21.8 Å². The van der Waals surface area contributed by atoms with Crippen molar-refractivity contribution in [2.75, 3.05) is 7.05 Å². The van der Waals surface area contributed by atoms with Crippen LogP contribution in [0.4, 0.5) is 0 Å². The first-order chi connectivity index (χ1) is 6.16. The van der Waals surface area contributed by atoms with Gasteiger partial charge in [-0.15, -0.1) is 0 Å². The quantitative estimate of drug-likeness (QED) is 0.688. The van der Waals surface area contributed by atoms with Gasteiger partial charge in [-0.25, -0.2) is 0 Å². The molecule has 13 heavy (non-hydrogen) atoms. The van der Waals surface area contributed by atoms with E-state index >= 15 is 0 Å². The minimum atomic E-state index is 0.261. The zero-order chi connectivity index (χ0) is 9.84. The van der Waals surface area contributed by atoms with Crippen molar-refractivity contribution in [3.05, 3.63) is 0 Å². The first kappa shape index (κ1) is 11.0. The molecule has 3 heteroatoms. The lowest BCUT2D eigenvalue weighted by Crippen LogP contribution is -2.43. The molecule has 2 atom stereocenters. The maximum absolute atomic E-state index is 11.5. The topological polar surface area (TPSA) is 20.3 Å². The molecule has 0 aromatic heterocycles. The molecule has 1 saturated carbocycles. The molecule has 1 aliphatic carbocycles. The third kappa shape index (κ3) is 2.70. The number of amides is 1. The molecule has 2 unspecified atom stereocenters. The van der Waals surface area contributed by atoms with E-state index in [0.29, 0.717) is 17.3 Å². The van der Waals surface area contributed by atoms with Gasteiger partial charge in [-0.2, -0.15) is 0 Å². The van der Waals surface area contributed by atoms with Crippen LogP contribution in [-0.4, -0.2) is 28.7 Å². The number of alkyl halides is 1. The van der Waals surface area contributed by atoms with Gasteiger partial charge in [-0.05, 0) is 12.8 Å². The van der Waals surface area contributed by atoms with Crippen LogP contribution in [0.2, 0.25) is 0 Å². The molecule has 1 rings (SSSR count). The third-order valence-corrected chi connectivity index (χ3v) is 3.91. The number of hydrogen-bond donors (Lipinski definition) is 0. The Morgan fingerprint density at radius 2 is 2.08 bits per heavy atom. The van der Waals surface area contributed by atoms with Crippen LogP contribution >= 0.6 is 15.9 Å². The van der Waals surface area contributed by atoms with Gasteiger partial charge in [0.1, 0.15) is 0 Å². The van der Waals surface area contributed by atoms with Crippen LogP contribution in [0, 0.1) is 0 Å². The van der Waals surface area contributed by atoms with Crippen molar-refractivity contribution < 1.29 is 4.79 Å². The predicted molar refractivity (Wildman–Crippen MR) is 58.0 cm³/mol. The summed E-state index contributed by atoms with van der Waals surface area (Å²) in [7, 11) is 1.93. The van der Waals surface area contributed by atoms with Gasteiger partial charge < -0.3 is 4.90 Å². The van der Waals surface area contributed by atoms with Gasteiger partial charge in [0.15, 0.2) is 0 Å². The maximum Gasteiger partial charge on any atom is 0.222 e. The van der Waals surface area contributed by atoms with Crippen LogP contribution in [0.5, 0.6) is 0 Å². The minimum absolute atomic E-state index is 0.261. The number of rotatable bonds is 2. The van der Waals surface area contributed by atoms with Gasteiger partial charge >= 0.3 is 0 Å². The van der Waals surface area contributed by atoms with Crippen LogP contribution in [0.25, 0.3) is 0 Å². The molecule has 0 aromatic carbocycles. The standard InChI is InChI=1S/C10H18BrNO/c1-3-10(13)12(2)9-7-5-4-6-8(9)11/h8-9H,3-7H2,1-2H3. The van der Waals surface area contributed by atoms with E-state index in [1.807, 2.05) is 18.9 Å². The summed E-state index contributed by atoms with van der Waals surface area (Å²) in [6, 6.07) is 0.418. The summed E-state index contributed by atoms with van der Waals surface area (Å²) in [4.78, 5) is 13.9. The lowest BCUT2D eigenvalue weighted by Gasteiger charge is -2.35. The Balaban J connectivity index is 2.53. The zero-order valence-corrected chi connectivity index (χ0v) is 10.0. The van der Waals surface area contributed by atoms with E-state index in [0.717, 1.165) is 6.42 Å². The summed E-state index contributed by atoms with van der Waals surface area (Å²) >= 11 is 3.66. The molecule has 0 N–H and O–H groups in total. The van der Waals surface area contributed by atoms with Crippen molar-refractivity contribution in [2.45, 2.75) is 49.9 Å². The van der Waals surface area contributed by atoms with E-state index in [9.17, 15) is 4.79 Å². The highest BCUT2D eigenvalue weighted by Crippen LogP contribution is 2.28. The summed E-state index contributed by atoms with van der Waals surface area (Å²) in [5.74, 6) is 0.261.